The highest BCUT2D eigenvalue weighted by Crippen LogP contribution is 2.33. The molecular formula is C25H24N4O2. The van der Waals surface area contributed by atoms with Crippen molar-refractivity contribution in [2.24, 2.45) is 0 Å². The lowest BCUT2D eigenvalue weighted by Gasteiger charge is -2.06. The average Bonchev–Trinajstić information content (AvgIpc) is 3.50. The molecule has 1 fully saturated rings. The molecule has 0 unspecified atom stereocenters. The second-order valence-corrected chi connectivity index (χ2v) is 7.92. The van der Waals surface area contributed by atoms with E-state index in [1.54, 1.807) is 12.1 Å². The first-order valence-electron chi connectivity index (χ1n) is 10.4. The number of aromatic amines is 1. The Bertz CT molecular complexity index is 1180. The van der Waals surface area contributed by atoms with Crippen LogP contribution in [-0.2, 0) is 6.54 Å². The molecule has 1 aliphatic carbocycles. The molecule has 1 saturated carbocycles. The second-order valence-electron chi connectivity index (χ2n) is 7.92. The van der Waals surface area contributed by atoms with Gasteiger partial charge >= 0.3 is 0 Å². The Hall–Kier alpha value is -3.77. The van der Waals surface area contributed by atoms with Crippen LogP contribution in [0.2, 0.25) is 0 Å². The summed E-state index contributed by atoms with van der Waals surface area (Å²) in [4.78, 5) is 0. The first-order valence-corrected chi connectivity index (χ1v) is 10.4. The van der Waals surface area contributed by atoms with E-state index in [4.69, 9.17) is 0 Å². The van der Waals surface area contributed by atoms with E-state index < -0.39 is 0 Å². The minimum Gasteiger partial charge on any atom is -0.508 e. The number of nitrogens with one attached hydrogen (secondary N) is 3. The summed E-state index contributed by atoms with van der Waals surface area (Å²) in [5, 5.41) is 33.8. The minimum absolute atomic E-state index is 0.0416. The van der Waals surface area contributed by atoms with Crippen molar-refractivity contribution < 1.29 is 10.2 Å². The summed E-state index contributed by atoms with van der Waals surface area (Å²) in [6, 6.07) is 23.5. The first kappa shape index (κ1) is 19.2. The summed E-state index contributed by atoms with van der Waals surface area (Å²) in [6.45, 7) is 0.912. The van der Waals surface area contributed by atoms with Crippen molar-refractivity contribution in [2.75, 3.05) is 5.32 Å². The van der Waals surface area contributed by atoms with E-state index in [0.29, 0.717) is 11.6 Å². The molecule has 4 aromatic rings. The third-order valence-corrected chi connectivity index (χ3v) is 5.46. The number of rotatable bonds is 7. The summed E-state index contributed by atoms with van der Waals surface area (Å²) in [5.41, 5.74) is 5.70. The van der Waals surface area contributed by atoms with E-state index in [1.165, 1.54) is 24.5 Å². The molecule has 5 rings (SSSR count). The van der Waals surface area contributed by atoms with Crippen molar-refractivity contribution >= 4 is 11.5 Å². The van der Waals surface area contributed by atoms with Crippen LogP contribution in [-0.4, -0.2) is 26.5 Å². The van der Waals surface area contributed by atoms with Gasteiger partial charge in [0.05, 0.1) is 5.69 Å². The molecule has 0 saturated heterocycles. The highest BCUT2D eigenvalue weighted by molar-refractivity contribution is 5.74. The van der Waals surface area contributed by atoms with Crippen molar-refractivity contribution in [2.45, 2.75) is 25.4 Å². The van der Waals surface area contributed by atoms with Crippen LogP contribution in [0.4, 0.5) is 11.5 Å². The molecular weight excluding hydrogens is 388 g/mol. The maximum absolute atomic E-state index is 10.1. The van der Waals surface area contributed by atoms with E-state index in [2.05, 4.69) is 45.1 Å². The molecule has 5 N–H and O–H groups in total. The van der Waals surface area contributed by atoms with Gasteiger partial charge in [0.1, 0.15) is 11.5 Å². The number of phenolic OH excluding ortho intramolecular Hbond substituents is 2. The van der Waals surface area contributed by atoms with Crippen LogP contribution in [0.3, 0.4) is 0 Å². The summed E-state index contributed by atoms with van der Waals surface area (Å²) in [7, 11) is 0. The fraction of sp³-hybridized carbons (Fsp3) is 0.160. The predicted octanol–water partition coefficient (Wildman–Crippen LogP) is 5.15. The van der Waals surface area contributed by atoms with Gasteiger partial charge in [0.25, 0.3) is 0 Å². The van der Waals surface area contributed by atoms with Gasteiger partial charge in [0.2, 0.25) is 0 Å². The molecule has 6 nitrogen and oxygen atoms in total. The Morgan fingerprint density at radius 3 is 2.32 bits per heavy atom. The number of H-pyrrole nitrogens is 1. The van der Waals surface area contributed by atoms with Gasteiger partial charge in [0, 0.05) is 36.0 Å². The monoisotopic (exact) mass is 412 g/mol. The van der Waals surface area contributed by atoms with Crippen molar-refractivity contribution in [1.82, 2.24) is 15.5 Å². The van der Waals surface area contributed by atoms with Gasteiger partial charge in [-0.05, 0) is 53.8 Å². The van der Waals surface area contributed by atoms with Gasteiger partial charge in [-0.2, -0.15) is 5.10 Å². The molecule has 0 spiro atoms. The van der Waals surface area contributed by atoms with Gasteiger partial charge in [-0.3, -0.25) is 5.10 Å². The Morgan fingerprint density at radius 2 is 1.61 bits per heavy atom. The number of aromatic hydroxyl groups is 2. The zero-order chi connectivity index (χ0) is 21.2. The van der Waals surface area contributed by atoms with Crippen LogP contribution in [0.1, 0.15) is 18.4 Å². The third-order valence-electron chi connectivity index (χ3n) is 5.46. The quantitative estimate of drug-likeness (QED) is 0.289. The SMILES string of the molecule is Oc1ccc(-c2ccc(-c3cc(Nc4ccc(CNC5CC5)cc4)n[nH]3)cc2)c(O)c1. The average molecular weight is 412 g/mol. The Morgan fingerprint density at radius 1 is 0.871 bits per heavy atom. The van der Waals surface area contributed by atoms with Crippen molar-refractivity contribution in [3.63, 3.8) is 0 Å². The Labute approximate surface area is 180 Å². The zero-order valence-electron chi connectivity index (χ0n) is 17.0. The molecule has 3 aromatic carbocycles. The van der Waals surface area contributed by atoms with Gasteiger partial charge in [0.15, 0.2) is 5.82 Å². The number of anilines is 2. The molecule has 6 heteroatoms. The number of hydrogen-bond donors (Lipinski definition) is 5. The topological polar surface area (TPSA) is 93.2 Å². The van der Waals surface area contributed by atoms with Crippen LogP contribution in [0.5, 0.6) is 11.5 Å². The fourth-order valence-electron chi connectivity index (χ4n) is 3.53. The van der Waals surface area contributed by atoms with Gasteiger partial charge in [-0.1, -0.05) is 36.4 Å². The molecule has 31 heavy (non-hydrogen) atoms. The van der Waals surface area contributed by atoms with Crippen LogP contribution in [0.15, 0.2) is 72.8 Å². The number of hydrogen-bond acceptors (Lipinski definition) is 5. The Balaban J connectivity index is 1.25. The molecule has 1 aliphatic rings. The molecule has 156 valence electrons. The fourth-order valence-corrected chi connectivity index (χ4v) is 3.53. The second kappa shape index (κ2) is 8.16. The number of aromatic nitrogens is 2. The standard InChI is InChI=1S/C25H24N4O2/c30-21-11-12-22(24(31)13-21)17-3-5-18(6-4-17)23-14-25(29-28-23)27-20-7-1-16(2-8-20)15-26-19-9-10-19/h1-8,11-14,19,26,30-31H,9-10,15H2,(H2,27,28,29). The normalized spacial score (nSPS) is 13.3. The van der Waals surface area contributed by atoms with Crippen molar-refractivity contribution in [3.05, 3.63) is 78.4 Å². The number of benzene rings is 3. The van der Waals surface area contributed by atoms with Crippen LogP contribution < -0.4 is 10.6 Å². The van der Waals surface area contributed by atoms with Crippen LogP contribution >= 0.6 is 0 Å². The third kappa shape index (κ3) is 4.54. The van der Waals surface area contributed by atoms with E-state index >= 15 is 0 Å². The van der Waals surface area contributed by atoms with Crippen molar-refractivity contribution in [3.8, 4) is 33.9 Å². The maximum atomic E-state index is 10.1. The molecule has 0 atom stereocenters. The summed E-state index contributed by atoms with van der Waals surface area (Å²) >= 11 is 0. The molecule has 1 heterocycles. The van der Waals surface area contributed by atoms with Crippen LogP contribution in [0, 0.1) is 0 Å². The smallest absolute Gasteiger partial charge is 0.152 e. The largest absolute Gasteiger partial charge is 0.508 e. The highest BCUT2D eigenvalue weighted by atomic mass is 16.3. The number of nitrogens with zero attached hydrogens (tertiary/aromatic N) is 1. The van der Waals surface area contributed by atoms with E-state index in [-0.39, 0.29) is 11.5 Å². The van der Waals surface area contributed by atoms with E-state index in [9.17, 15) is 10.2 Å². The van der Waals surface area contributed by atoms with E-state index in [0.717, 1.165) is 34.9 Å². The summed E-state index contributed by atoms with van der Waals surface area (Å²) < 4.78 is 0. The molecule has 1 aromatic heterocycles. The molecule has 0 bridgehead atoms. The predicted molar refractivity (Wildman–Crippen MR) is 122 cm³/mol. The summed E-state index contributed by atoms with van der Waals surface area (Å²) in [6.07, 6.45) is 2.59. The van der Waals surface area contributed by atoms with Gasteiger partial charge < -0.3 is 20.8 Å². The lowest BCUT2D eigenvalue weighted by atomic mass is 10.0. The van der Waals surface area contributed by atoms with Crippen LogP contribution in [0.25, 0.3) is 22.4 Å². The Kier molecular flexibility index (Phi) is 5.06. The maximum Gasteiger partial charge on any atom is 0.152 e. The molecule has 0 amide bonds. The van der Waals surface area contributed by atoms with Crippen molar-refractivity contribution in [1.29, 1.82) is 0 Å². The first-order chi connectivity index (χ1) is 15.1. The van der Waals surface area contributed by atoms with Gasteiger partial charge in [-0.25, -0.2) is 0 Å². The lowest BCUT2D eigenvalue weighted by molar-refractivity contribution is 0.452. The summed E-state index contributed by atoms with van der Waals surface area (Å²) in [5.74, 6) is 0.842. The van der Waals surface area contributed by atoms with E-state index in [1.807, 2.05) is 30.3 Å². The minimum atomic E-state index is 0.0416. The molecule has 0 radical (unpaired) electrons. The highest BCUT2D eigenvalue weighted by Gasteiger charge is 2.19. The lowest BCUT2D eigenvalue weighted by Crippen LogP contribution is -2.15. The molecule has 0 aliphatic heterocycles. The zero-order valence-corrected chi connectivity index (χ0v) is 17.0. The van der Waals surface area contributed by atoms with Gasteiger partial charge in [-0.15, -0.1) is 0 Å². The number of phenols is 2.